The molecular weight excluding hydrogens is 452 g/mol. The predicted octanol–water partition coefficient (Wildman–Crippen LogP) is 5.70. The highest BCUT2D eigenvalue weighted by Crippen LogP contribution is 2.50. The number of nitrogens with zero attached hydrogens (tertiary/aromatic N) is 1. The molecule has 0 fully saturated rings. The summed E-state index contributed by atoms with van der Waals surface area (Å²) >= 11 is 0. The van der Waals surface area contributed by atoms with Gasteiger partial charge in [-0.15, -0.1) is 0 Å². The number of aliphatic hydroxyl groups excluding tert-OH is 1. The lowest BCUT2D eigenvalue weighted by atomic mass is 9.79. The largest absolute Gasteiger partial charge is 0.493 e. The highest BCUT2D eigenvalue weighted by atomic mass is 16.5. The highest BCUT2D eigenvalue weighted by molar-refractivity contribution is 6.16. The Balaban J connectivity index is 1.68. The Bertz CT molecular complexity index is 1400. The van der Waals surface area contributed by atoms with Gasteiger partial charge in [0.15, 0.2) is 11.5 Å². The monoisotopic (exact) mass is 484 g/mol. The molecule has 1 amide bonds. The summed E-state index contributed by atoms with van der Waals surface area (Å²) in [7, 11) is 1.63. The van der Waals surface area contributed by atoms with E-state index < -0.39 is 11.6 Å². The molecule has 0 aromatic heterocycles. The van der Waals surface area contributed by atoms with Crippen LogP contribution in [0.1, 0.15) is 63.0 Å². The molecule has 186 valence electrons. The second-order valence-electron chi connectivity index (χ2n) is 10.7. The van der Waals surface area contributed by atoms with E-state index in [0.29, 0.717) is 12.2 Å². The van der Waals surface area contributed by atoms with Gasteiger partial charge in [0, 0.05) is 35.7 Å². The van der Waals surface area contributed by atoms with Crippen molar-refractivity contribution in [2.24, 2.45) is 4.99 Å². The molecule has 0 saturated carbocycles. The second-order valence-corrected chi connectivity index (χ2v) is 10.7. The number of amides is 1. The fourth-order valence-corrected chi connectivity index (χ4v) is 5.20. The maximum absolute atomic E-state index is 11.5. The lowest BCUT2D eigenvalue weighted by Crippen LogP contribution is -2.35. The minimum absolute atomic E-state index is 0.107. The van der Waals surface area contributed by atoms with E-state index in [1.54, 1.807) is 7.11 Å². The molecule has 0 aliphatic carbocycles. The third-order valence-corrected chi connectivity index (χ3v) is 6.83. The molecule has 6 nitrogen and oxygen atoms in total. The van der Waals surface area contributed by atoms with Crippen molar-refractivity contribution in [3.63, 3.8) is 0 Å². The summed E-state index contributed by atoms with van der Waals surface area (Å²) < 4.78 is 12.0. The van der Waals surface area contributed by atoms with Crippen LogP contribution in [0.2, 0.25) is 0 Å². The number of aliphatic imine (C=N–C) groups is 1. The standard InChI is InChI=1S/C30H32N2O4/c1-17(33)31-21-12-8-10-19(14-21)18-9-7-11-20(13-18)26-25-22(28(34)30(4,5)32-26)15-24(35-6)27-23(25)16-29(2,3)36-27/h7-15,28,34H,16H2,1-6H3,(H,31,33). The van der Waals surface area contributed by atoms with Crippen molar-refractivity contribution in [3.8, 4) is 22.6 Å². The molecule has 1 unspecified atom stereocenters. The van der Waals surface area contributed by atoms with Crippen molar-refractivity contribution in [2.75, 3.05) is 12.4 Å². The first kappa shape index (κ1) is 24.1. The van der Waals surface area contributed by atoms with Crippen LogP contribution in [-0.2, 0) is 11.2 Å². The molecule has 0 saturated heterocycles. The quantitative estimate of drug-likeness (QED) is 0.498. The van der Waals surface area contributed by atoms with E-state index in [0.717, 1.165) is 50.5 Å². The zero-order valence-corrected chi connectivity index (χ0v) is 21.6. The average molecular weight is 485 g/mol. The van der Waals surface area contributed by atoms with Gasteiger partial charge in [-0.3, -0.25) is 9.79 Å². The van der Waals surface area contributed by atoms with Crippen molar-refractivity contribution in [2.45, 2.75) is 58.3 Å². The van der Waals surface area contributed by atoms with Gasteiger partial charge in [-0.2, -0.15) is 0 Å². The molecule has 1 atom stereocenters. The van der Waals surface area contributed by atoms with Gasteiger partial charge >= 0.3 is 0 Å². The Morgan fingerprint density at radius 1 is 1.06 bits per heavy atom. The number of carbonyl (C=O) groups excluding carboxylic acids is 1. The minimum atomic E-state index is -0.781. The van der Waals surface area contributed by atoms with Gasteiger partial charge in [0.25, 0.3) is 0 Å². The normalized spacial score (nSPS) is 19.0. The number of nitrogens with one attached hydrogen (secondary N) is 1. The van der Waals surface area contributed by atoms with E-state index >= 15 is 0 Å². The Kier molecular flexibility index (Phi) is 5.67. The van der Waals surface area contributed by atoms with Crippen molar-refractivity contribution in [1.29, 1.82) is 0 Å². The van der Waals surface area contributed by atoms with Crippen molar-refractivity contribution < 1.29 is 19.4 Å². The van der Waals surface area contributed by atoms with E-state index in [1.807, 2.05) is 56.3 Å². The molecule has 3 aromatic carbocycles. The van der Waals surface area contributed by atoms with Gasteiger partial charge in [0.05, 0.1) is 18.4 Å². The summed E-state index contributed by atoms with van der Waals surface area (Å²) in [6.07, 6.45) is -0.0939. The summed E-state index contributed by atoms with van der Waals surface area (Å²) in [5, 5.41) is 14.2. The average Bonchev–Trinajstić information content (AvgIpc) is 3.15. The molecule has 3 aromatic rings. The first-order valence-corrected chi connectivity index (χ1v) is 12.2. The second kappa shape index (κ2) is 8.49. The number of rotatable bonds is 4. The molecular formula is C30H32N2O4. The Morgan fingerprint density at radius 3 is 2.42 bits per heavy atom. The fraction of sp³-hybridized carbons (Fsp3) is 0.333. The van der Waals surface area contributed by atoms with Gasteiger partial charge in [0.2, 0.25) is 5.91 Å². The lowest BCUT2D eigenvalue weighted by Gasteiger charge is -2.35. The number of anilines is 1. The molecule has 2 heterocycles. The van der Waals surface area contributed by atoms with Crippen LogP contribution in [0.25, 0.3) is 11.1 Å². The number of hydrogen-bond acceptors (Lipinski definition) is 5. The molecule has 0 radical (unpaired) electrons. The highest BCUT2D eigenvalue weighted by Gasteiger charge is 2.43. The molecule has 36 heavy (non-hydrogen) atoms. The smallest absolute Gasteiger partial charge is 0.221 e. The number of aliphatic hydroxyl groups is 1. The number of ether oxygens (including phenoxy) is 2. The number of hydrogen-bond donors (Lipinski definition) is 2. The van der Waals surface area contributed by atoms with Gasteiger partial charge in [-0.05, 0) is 68.7 Å². The van der Waals surface area contributed by atoms with Crippen molar-refractivity contribution in [3.05, 3.63) is 76.9 Å². The summed E-state index contributed by atoms with van der Waals surface area (Å²) in [5.41, 5.74) is 6.17. The maximum atomic E-state index is 11.5. The molecule has 2 aliphatic rings. The lowest BCUT2D eigenvalue weighted by molar-refractivity contribution is -0.114. The van der Waals surface area contributed by atoms with E-state index in [9.17, 15) is 9.90 Å². The molecule has 0 spiro atoms. The van der Waals surface area contributed by atoms with Crippen LogP contribution in [0.15, 0.2) is 59.6 Å². The van der Waals surface area contributed by atoms with E-state index in [2.05, 4.69) is 31.3 Å². The zero-order valence-electron chi connectivity index (χ0n) is 21.6. The summed E-state index contributed by atoms with van der Waals surface area (Å²) in [6, 6.07) is 17.9. The Labute approximate surface area is 212 Å². The molecule has 6 heteroatoms. The third kappa shape index (κ3) is 4.16. The van der Waals surface area contributed by atoms with Crippen molar-refractivity contribution in [1.82, 2.24) is 0 Å². The number of carbonyl (C=O) groups is 1. The maximum Gasteiger partial charge on any atom is 0.221 e. The molecule has 2 aliphatic heterocycles. The predicted molar refractivity (Wildman–Crippen MR) is 142 cm³/mol. The zero-order chi connectivity index (χ0) is 25.8. The Morgan fingerprint density at radius 2 is 1.72 bits per heavy atom. The van der Waals surface area contributed by atoms with Crippen LogP contribution in [0.4, 0.5) is 5.69 Å². The van der Waals surface area contributed by atoms with Crippen LogP contribution >= 0.6 is 0 Å². The number of fused-ring (bicyclic) bond motifs is 3. The van der Waals surface area contributed by atoms with Gasteiger partial charge in [0.1, 0.15) is 11.7 Å². The molecule has 2 N–H and O–H groups in total. The van der Waals surface area contributed by atoms with Crippen LogP contribution in [0.3, 0.4) is 0 Å². The van der Waals surface area contributed by atoms with E-state index in [1.165, 1.54) is 6.92 Å². The first-order chi connectivity index (χ1) is 17.0. The summed E-state index contributed by atoms with van der Waals surface area (Å²) in [5.74, 6) is 1.25. The minimum Gasteiger partial charge on any atom is -0.493 e. The van der Waals surface area contributed by atoms with Crippen LogP contribution in [0.5, 0.6) is 11.5 Å². The number of benzene rings is 3. The first-order valence-electron chi connectivity index (χ1n) is 12.2. The summed E-state index contributed by atoms with van der Waals surface area (Å²) in [4.78, 5) is 16.6. The SMILES string of the molecule is COc1cc2c(c3c1OC(C)(C)C3)C(c1cccc(-c3cccc(NC(C)=O)c3)c1)=NC(C)(C)C2O. The fourth-order valence-electron chi connectivity index (χ4n) is 5.20. The van der Waals surface area contributed by atoms with Crippen LogP contribution in [-0.4, -0.2) is 35.0 Å². The summed E-state index contributed by atoms with van der Waals surface area (Å²) in [6.45, 7) is 9.51. The molecule has 0 bridgehead atoms. The van der Waals surface area contributed by atoms with Gasteiger partial charge in [-0.1, -0.05) is 30.3 Å². The van der Waals surface area contributed by atoms with Gasteiger partial charge in [-0.25, -0.2) is 0 Å². The van der Waals surface area contributed by atoms with Crippen LogP contribution < -0.4 is 14.8 Å². The number of methoxy groups -OCH3 is 1. The van der Waals surface area contributed by atoms with E-state index in [-0.39, 0.29) is 11.5 Å². The third-order valence-electron chi connectivity index (χ3n) is 6.83. The molecule has 5 rings (SSSR count). The topological polar surface area (TPSA) is 80.2 Å². The van der Waals surface area contributed by atoms with Crippen molar-refractivity contribution >= 4 is 17.3 Å². The van der Waals surface area contributed by atoms with Gasteiger partial charge < -0.3 is 19.9 Å². The van der Waals surface area contributed by atoms with Crippen LogP contribution in [0, 0.1) is 0 Å². The Hall–Kier alpha value is -3.64. The van der Waals surface area contributed by atoms with E-state index in [4.69, 9.17) is 14.5 Å².